The predicted molar refractivity (Wildman–Crippen MR) is 269 cm³/mol. The number of phenols is 1. The molecule has 26 nitrogen and oxygen atoms in total. The van der Waals surface area contributed by atoms with Crippen molar-refractivity contribution in [2.75, 3.05) is 39.3 Å². The Labute approximate surface area is 425 Å². The fourth-order valence-corrected chi connectivity index (χ4v) is 8.49. The zero-order valence-corrected chi connectivity index (χ0v) is 42.3. The Morgan fingerprint density at radius 1 is 0.644 bits per heavy atom. The summed E-state index contributed by atoms with van der Waals surface area (Å²) in [5, 5.41) is 35.3. The van der Waals surface area contributed by atoms with Crippen LogP contribution in [0.15, 0.2) is 34.3 Å². The molecule has 2 aliphatic rings. The Balaban J connectivity index is 1.70. The van der Waals surface area contributed by atoms with Crippen molar-refractivity contribution in [2.24, 2.45) is 50.5 Å². The SMILES string of the molecule is CC(C)C[C@H](NC(=O)[C@@H](N)CC(C)C)C(=O)NCC(=O)N1CCC[C@H]1C(=O)NCC(=O)N[C@@H](CCCN=C(N)N)C(=O)N1CCC[C@H]1C(=O)N[C@@H](Cc1ccc(O)cc1)C(=O)N[C@@H](CCCN=C(N)N)C(=O)O. The first kappa shape index (κ1) is 60.1. The van der Waals surface area contributed by atoms with E-state index < -0.39 is 109 Å². The van der Waals surface area contributed by atoms with Crippen molar-refractivity contribution in [3.8, 4) is 5.75 Å². The molecule has 0 unspecified atom stereocenters. The molecule has 3 rings (SSSR count). The maximum absolute atomic E-state index is 14.3. The molecular formula is C47H77N15O11. The number of hydrogen-bond donors (Lipinski definition) is 13. The summed E-state index contributed by atoms with van der Waals surface area (Å²) in [6.45, 7) is 7.07. The first-order valence-corrected chi connectivity index (χ1v) is 24.7. The number of hydrogen-bond acceptors (Lipinski definition) is 13. The third kappa shape index (κ3) is 20.8. The molecule has 18 N–H and O–H groups in total. The van der Waals surface area contributed by atoms with Crippen LogP contribution in [0, 0.1) is 11.8 Å². The minimum Gasteiger partial charge on any atom is -0.508 e. The smallest absolute Gasteiger partial charge is 0.326 e. The number of aliphatic imine (C=N–C) groups is 2. The van der Waals surface area contributed by atoms with E-state index >= 15 is 0 Å². The lowest BCUT2D eigenvalue weighted by Crippen LogP contribution is -2.58. The fraction of sp³-hybridized carbons (Fsp3) is 0.638. The molecule has 7 atom stereocenters. The van der Waals surface area contributed by atoms with Crippen molar-refractivity contribution in [3.63, 3.8) is 0 Å². The number of amides is 8. The van der Waals surface area contributed by atoms with Gasteiger partial charge in [0.25, 0.3) is 0 Å². The summed E-state index contributed by atoms with van der Waals surface area (Å²) in [6, 6.07) is -1.95. The molecule has 0 spiro atoms. The van der Waals surface area contributed by atoms with Crippen LogP contribution in [-0.2, 0) is 49.6 Å². The highest BCUT2D eigenvalue weighted by Gasteiger charge is 2.40. The van der Waals surface area contributed by atoms with Gasteiger partial charge in [0.05, 0.1) is 19.1 Å². The Morgan fingerprint density at radius 2 is 1.19 bits per heavy atom. The molecule has 0 saturated carbocycles. The molecule has 2 heterocycles. The summed E-state index contributed by atoms with van der Waals surface area (Å²) in [5.41, 5.74) is 28.3. The van der Waals surface area contributed by atoms with Crippen LogP contribution in [0.5, 0.6) is 5.75 Å². The zero-order valence-electron chi connectivity index (χ0n) is 42.3. The summed E-state index contributed by atoms with van der Waals surface area (Å²) < 4.78 is 0. The Hall–Kier alpha value is -7.25. The average Bonchev–Trinajstić information content (AvgIpc) is 4.03. The third-order valence-corrected chi connectivity index (χ3v) is 12.1. The molecule has 0 radical (unpaired) electrons. The van der Waals surface area contributed by atoms with Crippen LogP contribution in [0.2, 0.25) is 0 Å². The lowest BCUT2D eigenvalue weighted by Gasteiger charge is -2.30. The lowest BCUT2D eigenvalue weighted by atomic mass is 10.0. The molecule has 73 heavy (non-hydrogen) atoms. The largest absolute Gasteiger partial charge is 0.508 e. The van der Waals surface area contributed by atoms with Gasteiger partial charge in [-0.3, -0.25) is 48.3 Å². The number of carbonyl (C=O) groups is 9. The number of rotatable bonds is 29. The quantitative estimate of drug-likeness (QED) is 0.0212. The summed E-state index contributed by atoms with van der Waals surface area (Å²) in [6.07, 6.45) is 2.28. The van der Waals surface area contributed by atoms with Gasteiger partial charge < -0.3 is 80.6 Å². The zero-order chi connectivity index (χ0) is 54.4. The van der Waals surface area contributed by atoms with Gasteiger partial charge in [-0.25, -0.2) is 4.79 Å². The first-order valence-electron chi connectivity index (χ1n) is 24.7. The van der Waals surface area contributed by atoms with E-state index in [1.165, 1.54) is 34.1 Å². The van der Waals surface area contributed by atoms with Crippen LogP contribution in [0.4, 0.5) is 0 Å². The molecule has 0 bridgehead atoms. The van der Waals surface area contributed by atoms with Crippen LogP contribution in [0.25, 0.3) is 0 Å². The van der Waals surface area contributed by atoms with Gasteiger partial charge in [-0.15, -0.1) is 0 Å². The Kier molecular flexibility index (Phi) is 24.6. The fourth-order valence-electron chi connectivity index (χ4n) is 8.49. The third-order valence-electron chi connectivity index (χ3n) is 12.1. The number of carboxylic acid groups (broad SMARTS) is 1. The molecule has 1 aromatic carbocycles. The van der Waals surface area contributed by atoms with Crippen LogP contribution in [0.3, 0.4) is 0 Å². The monoisotopic (exact) mass is 1030 g/mol. The van der Waals surface area contributed by atoms with Crippen molar-refractivity contribution in [2.45, 2.75) is 141 Å². The van der Waals surface area contributed by atoms with E-state index in [2.05, 4.69) is 41.9 Å². The van der Waals surface area contributed by atoms with Gasteiger partial charge in [0.1, 0.15) is 42.0 Å². The van der Waals surface area contributed by atoms with Gasteiger partial charge in [0.2, 0.25) is 47.3 Å². The molecular weight excluding hydrogens is 951 g/mol. The van der Waals surface area contributed by atoms with Crippen molar-refractivity contribution in [3.05, 3.63) is 29.8 Å². The second-order valence-electron chi connectivity index (χ2n) is 19.1. The number of nitrogens with zero attached hydrogens (tertiary/aromatic N) is 4. The van der Waals surface area contributed by atoms with E-state index in [0.29, 0.717) is 31.2 Å². The molecule has 0 aromatic heterocycles. The Morgan fingerprint density at radius 3 is 1.75 bits per heavy atom. The van der Waals surface area contributed by atoms with E-state index in [4.69, 9.17) is 28.7 Å². The predicted octanol–water partition coefficient (Wildman–Crippen LogP) is -3.30. The number of likely N-dealkylation sites (tertiary alicyclic amines) is 2. The minimum absolute atomic E-state index is 0.00879. The highest BCUT2D eigenvalue weighted by atomic mass is 16.4. The maximum atomic E-state index is 14.3. The van der Waals surface area contributed by atoms with E-state index in [1.807, 2.05) is 27.7 Å². The summed E-state index contributed by atoms with van der Waals surface area (Å²) in [7, 11) is 0. The number of nitrogens with one attached hydrogen (secondary N) is 6. The highest BCUT2D eigenvalue weighted by molar-refractivity contribution is 5.97. The van der Waals surface area contributed by atoms with Gasteiger partial charge in [-0.2, -0.15) is 0 Å². The number of aliphatic carboxylic acids is 1. The first-order chi connectivity index (χ1) is 34.5. The molecule has 2 fully saturated rings. The molecule has 26 heteroatoms. The molecule has 2 saturated heterocycles. The normalized spacial score (nSPS) is 17.3. The number of nitrogens with two attached hydrogens (primary N) is 5. The number of benzene rings is 1. The van der Waals surface area contributed by atoms with Gasteiger partial charge in [-0.05, 0) is 93.7 Å². The maximum Gasteiger partial charge on any atom is 0.326 e. The van der Waals surface area contributed by atoms with Crippen LogP contribution in [0.1, 0.15) is 97.5 Å². The van der Waals surface area contributed by atoms with Crippen molar-refractivity contribution in [1.82, 2.24) is 41.7 Å². The number of phenolic OH excluding ortho intramolecular Hbond substituents is 1. The van der Waals surface area contributed by atoms with Crippen molar-refractivity contribution >= 4 is 65.1 Å². The van der Waals surface area contributed by atoms with E-state index in [0.717, 1.165) is 0 Å². The van der Waals surface area contributed by atoms with Gasteiger partial charge in [0.15, 0.2) is 11.9 Å². The summed E-state index contributed by atoms with van der Waals surface area (Å²) in [5.74, 6) is -6.79. The van der Waals surface area contributed by atoms with Gasteiger partial charge in [0, 0.05) is 32.6 Å². The number of aromatic hydroxyl groups is 1. The lowest BCUT2D eigenvalue weighted by molar-refractivity contribution is -0.143. The molecule has 8 amide bonds. The topological polar surface area (TPSA) is 428 Å². The minimum atomic E-state index is -1.37. The second kappa shape index (κ2) is 29.9. The highest BCUT2D eigenvalue weighted by Crippen LogP contribution is 2.22. The standard InChI is InChI=1S/C47H77N15O11/c1-26(2)21-30(48)39(66)59-33(22-27(3)4)40(67)56-25-38(65)61-19-7-11-35(61)42(69)55-24-37(64)57-31(9-5-17-53-46(49)50)44(71)62-20-8-12-36(62)43(70)60-34(23-28-13-15-29(63)16-14-28)41(68)58-32(45(72)73)10-6-18-54-47(51)52/h13-16,26-27,30-36,63H,5-12,17-25,48H2,1-4H3,(H,55,69)(H,56,67)(H,57,64)(H,58,68)(H,59,66)(H,60,70)(H,72,73)(H4,49,50,53)(H4,51,52,54)/t30-,31-,32-,33-,34-,35-,36-/m0/s1. The van der Waals surface area contributed by atoms with E-state index in [1.54, 1.807) is 0 Å². The molecule has 1 aromatic rings. The van der Waals surface area contributed by atoms with E-state index in [9.17, 15) is 53.4 Å². The molecule has 406 valence electrons. The average molecular weight is 1030 g/mol. The Bertz CT molecular complexity index is 2130. The number of carboxylic acids is 1. The second-order valence-corrected chi connectivity index (χ2v) is 19.1. The van der Waals surface area contributed by atoms with E-state index in [-0.39, 0.29) is 101 Å². The van der Waals surface area contributed by atoms with Crippen molar-refractivity contribution < 1.29 is 53.4 Å². The van der Waals surface area contributed by atoms with Gasteiger partial charge >= 0.3 is 5.97 Å². The van der Waals surface area contributed by atoms with Gasteiger partial charge in [-0.1, -0.05) is 39.8 Å². The summed E-state index contributed by atoms with van der Waals surface area (Å²) >= 11 is 0. The van der Waals surface area contributed by atoms with Crippen molar-refractivity contribution in [1.29, 1.82) is 0 Å². The number of guanidine groups is 2. The molecule has 0 aliphatic carbocycles. The summed E-state index contributed by atoms with van der Waals surface area (Å²) in [4.78, 5) is 131. The number of carbonyl (C=O) groups excluding carboxylic acids is 8. The van der Waals surface area contributed by atoms with Crippen LogP contribution in [-0.4, -0.2) is 167 Å². The van der Waals surface area contributed by atoms with Crippen LogP contribution >= 0.6 is 0 Å². The molecule has 2 aliphatic heterocycles. The van der Waals surface area contributed by atoms with Crippen LogP contribution < -0.4 is 60.6 Å².